The minimum absolute atomic E-state index is 0.0832. The van der Waals surface area contributed by atoms with Crippen LogP contribution in [-0.4, -0.2) is 41.2 Å². The third kappa shape index (κ3) is 1.63. The molecule has 6 nitrogen and oxygen atoms in total. The molecule has 8 heteroatoms. The van der Waals surface area contributed by atoms with Crippen molar-refractivity contribution >= 4 is 27.1 Å². The molecular weight excluding hydrogens is 240 g/mol. The average molecular weight is 248 g/mol. The quantitative estimate of drug-likeness (QED) is 0.770. The first-order chi connectivity index (χ1) is 6.96. The summed E-state index contributed by atoms with van der Waals surface area (Å²) in [6.45, 7) is 0. The Morgan fingerprint density at radius 3 is 2.73 bits per heavy atom. The van der Waals surface area contributed by atoms with Gasteiger partial charge in [0, 0.05) is 0 Å². The largest absolute Gasteiger partial charge is 0.480 e. The summed E-state index contributed by atoms with van der Waals surface area (Å²) in [7, 11) is -3.27. The number of rotatable bonds is 2. The van der Waals surface area contributed by atoms with Crippen molar-refractivity contribution in [2.24, 2.45) is 0 Å². The summed E-state index contributed by atoms with van der Waals surface area (Å²) in [5.41, 5.74) is 0.0327. The topological polar surface area (TPSA) is 97.2 Å². The molecule has 0 aromatic carbocycles. The van der Waals surface area contributed by atoms with Crippen LogP contribution < -0.4 is 0 Å². The Bertz CT molecular complexity index is 481. The van der Waals surface area contributed by atoms with Gasteiger partial charge >= 0.3 is 5.97 Å². The maximum absolute atomic E-state index is 11.3. The lowest BCUT2D eigenvalue weighted by atomic mass is 9.89. The smallest absolute Gasteiger partial charge is 0.317 e. The van der Waals surface area contributed by atoms with E-state index < -0.39 is 21.2 Å². The first-order valence-electron chi connectivity index (χ1n) is 4.17. The molecule has 1 atom stereocenters. The molecule has 15 heavy (non-hydrogen) atoms. The molecule has 0 saturated carbocycles. The van der Waals surface area contributed by atoms with Crippen LogP contribution in [0.3, 0.4) is 0 Å². The third-order valence-electron chi connectivity index (χ3n) is 2.48. The summed E-state index contributed by atoms with van der Waals surface area (Å²) in [6, 6.07) is 0. The summed E-state index contributed by atoms with van der Waals surface area (Å²) in [4.78, 5) is 11.2. The van der Waals surface area contributed by atoms with Crippen LogP contribution in [0, 0.1) is 0 Å². The van der Waals surface area contributed by atoms with Crippen molar-refractivity contribution < 1.29 is 18.3 Å². The number of hydrogen-bond acceptors (Lipinski definition) is 6. The first-order valence-corrected chi connectivity index (χ1v) is 6.87. The van der Waals surface area contributed by atoms with E-state index in [0.29, 0.717) is 0 Å². The second-order valence-corrected chi connectivity index (χ2v) is 6.49. The number of carboxylic acid groups (broad SMARTS) is 1. The highest BCUT2D eigenvalue weighted by Crippen LogP contribution is 2.36. The van der Waals surface area contributed by atoms with Gasteiger partial charge in [0.1, 0.15) is 15.9 Å². The van der Waals surface area contributed by atoms with E-state index in [9.17, 15) is 13.2 Å². The summed E-state index contributed by atoms with van der Waals surface area (Å²) in [6.07, 6.45) is 0.0832. The van der Waals surface area contributed by atoms with Gasteiger partial charge in [0.2, 0.25) is 0 Å². The first kappa shape index (κ1) is 10.5. The molecule has 82 valence electrons. The van der Waals surface area contributed by atoms with Gasteiger partial charge in [-0.1, -0.05) is 0 Å². The van der Waals surface area contributed by atoms with Crippen molar-refractivity contribution in [1.82, 2.24) is 10.2 Å². The van der Waals surface area contributed by atoms with Crippen LogP contribution in [0.15, 0.2) is 5.51 Å². The van der Waals surface area contributed by atoms with Gasteiger partial charge in [-0.15, -0.1) is 21.5 Å². The average Bonchev–Trinajstić information content (AvgIpc) is 2.71. The lowest BCUT2D eigenvalue weighted by molar-refractivity contribution is -0.142. The second-order valence-electron chi connectivity index (χ2n) is 3.47. The third-order valence-corrected chi connectivity index (χ3v) is 5.14. The number of aliphatic carboxylic acids is 1. The van der Waals surface area contributed by atoms with Crippen molar-refractivity contribution in [3.63, 3.8) is 0 Å². The Labute approximate surface area is 89.9 Å². The zero-order valence-electron chi connectivity index (χ0n) is 7.58. The zero-order chi connectivity index (χ0) is 11.1. The van der Waals surface area contributed by atoms with E-state index in [1.807, 2.05) is 0 Å². The molecule has 2 heterocycles. The summed E-state index contributed by atoms with van der Waals surface area (Å²) in [5, 5.41) is 16.6. The summed E-state index contributed by atoms with van der Waals surface area (Å²) >= 11 is 1.08. The molecule has 0 bridgehead atoms. The van der Waals surface area contributed by atoms with Gasteiger partial charge in [-0.2, -0.15) is 0 Å². The highest BCUT2D eigenvalue weighted by atomic mass is 32.2. The maximum Gasteiger partial charge on any atom is 0.317 e. The molecule has 1 aromatic heterocycles. The van der Waals surface area contributed by atoms with Crippen LogP contribution in [0.2, 0.25) is 0 Å². The van der Waals surface area contributed by atoms with Gasteiger partial charge in [-0.3, -0.25) is 4.79 Å². The van der Waals surface area contributed by atoms with E-state index in [1.54, 1.807) is 0 Å². The predicted octanol–water partition coefficient (Wildman–Crippen LogP) is -0.321. The fourth-order valence-electron chi connectivity index (χ4n) is 1.66. The van der Waals surface area contributed by atoms with Gasteiger partial charge in [0.25, 0.3) is 0 Å². The molecule has 1 aliphatic heterocycles. The molecule has 1 unspecified atom stereocenters. The molecular formula is C7H8N2O4S2. The minimum atomic E-state index is -3.27. The Kier molecular flexibility index (Phi) is 2.27. The Hall–Kier alpha value is -1.02. The van der Waals surface area contributed by atoms with Crippen LogP contribution in [-0.2, 0) is 20.0 Å². The van der Waals surface area contributed by atoms with Crippen molar-refractivity contribution in [3.05, 3.63) is 10.5 Å². The Balaban J connectivity index is 2.49. The van der Waals surface area contributed by atoms with E-state index in [4.69, 9.17) is 5.11 Å². The van der Waals surface area contributed by atoms with Crippen LogP contribution in [0.1, 0.15) is 11.4 Å². The monoisotopic (exact) mass is 248 g/mol. The molecule has 1 aliphatic rings. The van der Waals surface area contributed by atoms with E-state index in [2.05, 4.69) is 10.2 Å². The number of carbonyl (C=O) groups is 1. The lowest BCUT2D eigenvalue weighted by Crippen LogP contribution is -2.37. The second kappa shape index (κ2) is 3.24. The van der Waals surface area contributed by atoms with E-state index in [-0.39, 0.29) is 22.9 Å². The van der Waals surface area contributed by atoms with E-state index in [1.165, 1.54) is 5.51 Å². The molecule has 2 rings (SSSR count). The van der Waals surface area contributed by atoms with Gasteiger partial charge in [-0.05, 0) is 6.42 Å². The molecule has 1 saturated heterocycles. The fraction of sp³-hybridized carbons (Fsp3) is 0.571. The number of sulfone groups is 1. The number of aromatic nitrogens is 2. The molecule has 0 amide bonds. The van der Waals surface area contributed by atoms with Gasteiger partial charge < -0.3 is 5.11 Å². The molecule has 1 aromatic rings. The molecule has 1 fully saturated rings. The Morgan fingerprint density at radius 1 is 1.60 bits per heavy atom. The standard InChI is InChI=1S/C7H8N2O4S2/c10-6(11)7(5-9-8-4-14-5)1-2-15(12,13)3-7/h4H,1-3H2,(H,10,11). The van der Waals surface area contributed by atoms with Gasteiger partial charge in [-0.25, -0.2) is 8.42 Å². The highest BCUT2D eigenvalue weighted by Gasteiger charge is 2.52. The van der Waals surface area contributed by atoms with E-state index >= 15 is 0 Å². The van der Waals surface area contributed by atoms with Crippen molar-refractivity contribution in [3.8, 4) is 0 Å². The van der Waals surface area contributed by atoms with Crippen molar-refractivity contribution in [2.45, 2.75) is 11.8 Å². The number of carboxylic acids is 1. The lowest BCUT2D eigenvalue weighted by Gasteiger charge is -2.17. The predicted molar refractivity (Wildman–Crippen MR) is 52.5 cm³/mol. The zero-order valence-corrected chi connectivity index (χ0v) is 9.21. The van der Waals surface area contributed by atoms with Crippen LogP contribution in [0.4, 0.5) is 0 Å². The van der Waals surface area contributed by atoms with Gasteiger partial charge in [0.15, 0.2) is 9.84 Å². The Morgan fingerprint density at radius 2 is 2.33 bits per heavy atom. The number of hydrogen-bond donors (Lipinski definition) is 1. The van der Waals surface area contributed by atoms with Gasteiger partial charge in [0.05, 0.1) is 11.5 Å². The van der Waals surface area contributed by atoms with Crippen molar-refractivity contribution in [1.29, 1.82) is 0 Å². The van der Waals surface area contributed by atoms with E-state index in [0.717, 1.165) is 11.3 Å². The van der Waals surface area contributed by atoms with Crippen molar-refractivity contribution in [2.75, 3.05) is 11.5 Å². The van der Waals surface area contributed by atoms with Crippen LogP contribution in [0.5, 0.6) is 0 Å². The maximum atomic E-state index is 11.3. The fourth-order valence-corrected chi connectivity index (χ4v) is 4.49. The normalized spacial score (nSPS) is 29.1. The molecule has 0 spiro atoms. The minimum Gasteiger partial charge on any atom is -0.480 e. The SMILES string of the molecule is O=C(O)C1(c2nncs2)CCS(=O)(=O)C1. The summed E-state index contributed by atoms with van der Waals surface area (Å²) < 4.78 is 22.7. The van der Waals surface area contributed by atoms with Crippen LogP contribution >= 0.6 is 11.3 Å². The summed E-state index contributed by atoms with van der Waals surface area (Å²) in [5.74, 6) is -1.61. The molecule has 0 radical (unpaired) electrons. The molecule has 1 N–H and O–H groups in total. The number of nitrogens with zero attached hydrogens (tertiary/aromatic N) is 2. The highest BCUT2D eigenvalue weighted by molar-refractivity contribution is 7.91. The van der Waals surface area contributed by atoms with Crippen LogP contribution in [0.25, 0.3) is 0 Å². The molecule has 0 aliphatic carbocycles.